The molecule has 1 saturated heterocycles. The fourth-order valence-corrected chi connectivity index (χ4v) is 2.96. The maximum atomic E-state index is 6.10. The molecule has 0 aromatic carbocycles. The first-order valence-electron chi connectivity index (χ1n) is 7.28. The van der Waals surface area contributed by atoms with Crippen molar-refractivity contribution in [2.24, 2.45) is 17.6 Å². The zero-order valence-electron chi connectivity index (χ0n) is 12.5. The highest BCUT2D eigenvalue weighted by molar-refractivity contribution is 4.90. The van der Waals surface area contributed by atoms with Gasteiger partial charge in [-0.05, 0) is 24.7 Å². The molecule has 1 heterocycles. The molecule has 0 saturated carbocycles. The van der Waals surface area contributed by atoms with E-state index >= 15 is 0 Å². The van der Waals surface area contributed by atoms with Crippen molar-refractivity contribution in [3.8, 4) is 0 Å². The second-order valence-electron chi connectivity index (χ2n) is 6.39. The van der Waals surface area contributed by atoms with Crippen LogP contribution in [0, 0.1) is 11.8 Å². The number of nitrogens with two attached hydrogens (primary N) is 1. The molecule has 0 unspecified atom stereocenters. The van der Waals surface area contributed by atoms with Crippen molar-refractivity contribution in [3.05, 3.63) is 0 Å². The third kappa shape index (κ3) is 5.22. The second kappa shape index (κ2) is 7.43. The molecule has 4 heteroatoms. The molecule has 0 aromatic heterocycles. The molecule has 108 valence electrons. The van der Waals surface area contributed by atoms with Gasteiger partial charge in [-0.1, -0.05) is 27.7 Å². The second-order valence-corrected chi connectivity index (χ2v) is 6.39. The van der Waals surface area contributed by atoms with Gasteiger partial charge in [0.2, 0.25) is 0 Å². The molecule has 1 rings (SSSR count). The summed E-state index contributed by atoms with van der Waals surface area (Å²) in [6, 6.07) is 0. The predicted molar refractivity (Wildman–Crippen MR) is 76.2 cm³/mol. The van der Waals surface area contributed by atoms with Crippen molar-refractivity contribution in [2.45, 2.75) is 46.1 Å². The van der Waals surface area contributed by atoms with Crippen LogP contribution in [-0.4, -0.2) is 43.4 Å². The summed E-state index contributed by atoms with van der Waals surface area (Å²) in [7, 11) is 0. The van der Waals surface area contributed by atoms with E-state index in [1.54, 1.807) is 0 Å². The smallest absolute Gasteiger partial charge is 0.0608 e. The average molecular weight is 257 g/mol. The number of morpholine rings is 1. The third-order valence-corrected chi connectivity index (χ3v) is 3.40. The molecular formula is C14H31N3O. The van der Waals surface area contributed by atoms with Crippen LogP contribution in [0.1, 0.15) is 40.5 Å². The van der Waals surface area contributed by atoms with Gasteiger partial charge in [0.15, 0.2) is 0 Å². The van der Waals surface area contributed by atoms with Gasteiger partial charge in [-0.15, -0.1) is 0 Å². The van der Waals surface area contributed by atoms with Gasteiger partial charge in [-0.3, -0.25) is 0 Å². The minimum atomic E-state index is 0.0413. The normalized spacial score (nSPS) is 18.8. The Labute approximate surface area is 112 Å². The lowest BCUT2D eigenvalue weighted by Crippen LogP contribution is -2.61. The Bertz CT molecular complexity index is 215. The highest BCUT2D eigenvalue weighted by Gasteiger charge is 2.32. The van der Waals surface area contributed by atoms with Gasteiger partial charge in [0.1, 0.15) is 0 Å². The summed E-state index contributed by atoms with van der Waals surface area (Å²) in [6.45, 7) is 13.3. The maximum absolute atomic E-state index is 6.10. The van der Waals surface area contributed by atoms with E-state index in [0.717, 1.165) is 39.1 Å². The molecule has 0 aromatic rings. The molecule has 0 amide bonds. The average Bonchev–Trinajstić information content (AvgIpc) is 2.28. The van der Waals surface area contributed by atoms with Gasteiger partial charge in [0, 0.05) is 25.2 Å². The molecule has 1 aliphatic rings. The molecule has 0 radical (unpaired) electrons. The lowest BCUT2D eigenvalue weighted by molar-refractivity contribution is -0.0192. The first-order chi connectivity index (χ1) is 8.47. The number of rotatable bonds is 7. The van der Waals surface area contributed by atoms with E-state index in [4.69, 9.17) is 10.5 Å². The molecule has 0 atom stereocenters. The van der Waals surface area contributed by atoms with Crippen molar-refractivity contribution >= 4 is 0 Å². The summed E-state index contributed by atoms with van der Waals surface area (Å²) in [4.78, 5) is 0. The summed E-state index contributed by atoms with van der Waals surface area (Å²) < 4.78 is 5.40. The molecule has 18 heavy (non-hydrogen) atoms. The lowest BCUT2D eigenvalue weighted by atomic mass is 9.82. The third-order valence-electron chi connectivity index (χ3n) is 3.40. The van der Waals surface area contributed by atoms with E-state index in [2.05, 4.69) is 38.1 Å². The van der Waals surface area contributed by atoms with Gasteiger partial charge in [-0.2, -0.15) is 0 Å². The summed E-state index contributed by atoms with van der Waals surface area (Å²) in [5.74, 6) is 1.31. The summed E-state index contributed by atoms with van der Waals surface area (Å²) >= 11 is 0. The number of nitrogens with one attached hydrogen (secondary N) is 1. The van der Waals surface area contributed by atoms with Gasteiger partial charge >= 0.3 is 0 Å². The Morgan fingerprint density at radius 2 is 1.61 bits per heavy atom. The Morgan fingerprint density at radius 1 is 1.11 bits per heavy atom. The van der Waals surface area contributed by atoms with Crippen LogP contribution in [0.2, 0.25) is 0 Å². The predicted octanol–water partition coefficient (Wildman–Crippen LogP) is 1.61. The first-order valence-corrected chi connectivity index (χ1v) is 7.28. The quantitative estimate of drug-likeness (QED) is 0.727. The highest BCUT2D eigenvalue weighted by Crippen LogP contribution is 2.24. The van der Waals surface area contributed by atoms with Crippen LogP contribution in [0.5, 0.6) is 0 Å². The number of hydrogen-bond acceptors (Lipinski definition) is 4. The topological polar surface area (TPSA) is 50.5 Å². The van der Waals surface area contributed by atoms with Crippen molar-refractivity contribution in [1.29, 1.82) is 0 Å². The van der Waals surface area contributed by atoms with Crippen LogP contribution in [0.4, 0.5) is 0 Å². The zero-order chi connectivity index (χ0) is 13.6. The maximum Gasteiger partial charge on any atom is 0.0608 e. The monoisotopic (exact) mass is 257 g/mol. The Morgan fingerprint density at radius 3 is 2.00 bits per heavy atom. The molecule has 1 aliphatic heterocycles. The summed E-state index contributed by atoms with van der Waals surface area (Å²) in [5, 5.41) is 2.29. The number of ether oxygens (including phenoxy) is 1. The van der Waals surface area contributed by atoms with Crippen LogP contribution in [0.15, 0.2) is 0 Å². The van der Waals surface area contributed by atoms with E-state index in [1.807, 2.05) is 0 Å². The highest BCUT2D eigenvalue weighted by atomic mass is 16.5. The van der Waals surface area contributed by atoms with Crippen LogP contribution in [0.3, 0.4) is 0 Å². The van der Waals surface area contributed by atoms with E-state index in [-0.39, 0.29) is 5.54 Å². The van der Waals surface area contributed by atoms with E-state index < -0.39 is 0 Å². The van der Waals surface area contributed by atoms with Gasteiger partial charge in [0.25, 0.3) is 0 Å². The van der Waals surface area contributed by atoms with Crippen LogP contribution >= 0.6 is 0 Å². The Hall–Kier alpha value is -0.160. The van der Waals surface area contributed by atoms with Crippen molar-refractivity contribution in [3.63, 3.8) is 0 Å². The van der Waals surface area contributed by atoms with E-state index in [0.29, 0.717) is 18.4 Å². The Balaban J connectivity index is 2.66. The van der Waals surface area contributed by atoms with Crippen molar-refractivity contribution < 1.29 is 4.74 Å². The largest absolute Gasteiger partial charge is 0.379 e. The van der Waals surface area contributed by atoms with Crippen LogP contribution < -0.4 is 11.2 Å². The molecule has 3 N–H and O–H groups in total. The van der Waals surface area contributed by atoms with E-state index in [9.17, 15) is 0 Å². The van der Waals surface area contributed by atoms with Gasteiger partial charge in [0.05, 0.1) is 13.2 Å². The van der Waals surface area contributed by atoms with E-state index in [1.165, 1.54) is 0 Å². The van der Waals surface area contributed by atoms with Crippen LogP contribution in [-0.2, 0) is 4.74 Å². The van der Waals surface area contributed by atoms with Crippen molar-refractivity contribution in [1.82, 2.24) is 10.4 Å². The zero-order valence-corrected chi connectivity index (χ0v) is 12.5. The summed E-state index contributed by atoms with van der Waals surface area (Å²) in [6.07, 6.45) is 2.25. The standard InChI is InChI=1S/C14H31N3O/c1-12(2)9-14(11-15,10-13(3)4)16-17-5-7-18-8-6-17/h12-13,16H,5-11,15H2,1-4H3. The Kier molecular flexibility index (Phi) is 6.57. The lowest BCUT2D eigenvalue weighted by Gasteiger charge is -2.42. The molecular weight excluding hydrogens is 226 g/mol. The van der Waals surface area contributed by atoms with Crippen LogP contribution in [0.25, 0.3) is 0 Å². The SMILES string of the molecule is CC(C)CC(CN)(CC(C)C)NN1CCOCC1. The minimum Gasteiger partial charge on any atom is -0.379 e. The number of hydrazine groups is 1. The minimum absolute atomic E-state index is 0.0413. The molecule has 0 spiro atoms. The molecule has 1 fully saturated rings. The summed E-state index contributed by atoms with van der Waals surface area (Å²) in [5.41, 5.74) is 9.85. The molecule has 4 nitrogen and oxygen atoms in total. The fraction of sp³-hybridized carbons (Fsp3) is 1.00. The first kappa shape index (κ1) is 15.9. The van der Waals surface area contributed by atoms with Gasteiger partial charge in [-0.25, -0.2) is 10.4 Å². The van der Waals surface area contributed by atoms with Crippen molar-refractivity contribution in [2.75, 3.05) is 32.8 Å². The fourth-order valence-electron chi connectivity index (χ4n) is 2.96. The molecule has 0 bridgehead atoms. The van der Waals surface area contributed by atoms with Gasteiger partial charge < -0.3 is 10.5 Å². The molecule has 0 aliphatic carbocycles. The number of nitrogens with zero attached hydrogens (tertiary/aromatic N) is 1. The number of hydrogen-bond donors (Lipinski definition) is 2.